The van der Waals surface area contributed by atoms with Crippen molar-refractivity contribution in [1.82, 2.24) is 0 Å². The number of carboxylic acid groups (broad SMARTS) is 1. The highest BCUT2D eigenvalue weighted by atomic mass is 79.9. The van der Waals surface area contributed by atoms with E-state index in [1.165, 1.54) is 90.7 Å². The van der Waals surface area contributed by atoms with E-state index in [4.69, 9.17) is 73.0 Å². The molecule has 0 spiro atoms. The average molecular weight is 1980 g/mol. The van der Waals surface area contributed by atoms with Crippen LogP contribution in [0.1, 0.15) is 124 Å². The Morgan fingerprint density at radius 1 is 0.364 bits per heavy atom. The molecule has 2 N–H and O–H groups in total. The van der Waals surface area contributed by atoms with E-state index in [0.717, 1.165) is 168 Å². The normalized spacial score (nSPS) is 13.9. The number of carbonyl (C=O) groups excluding carboxylic acids is 3. The summed E-state index contributed by atoms with van der Waals surface area (Å²) in [4.78, 5) is 39.4. The Morgan fingerprint density at radius 2 is 0.629 bits per heavy atom. The van der Waals surface area contributed by atoms with Gasteiger partial charge in [0.25, 0.3) is 6.47 Å². The Kier molecular flexibility index (Phi) is 55.6. The number of halogens is 1. The van der Waals surface area contributed by atoms with Crippen LogP contribution in [0.3, 0.4) is 0 Å². The monoisotopic (exact) mass is 1980 g/mol. The lowest BCUT2D eigenvalue weighted by atomic mass is 10.00. The lowest BCUT2D eigenvalue weighted by molar-refractivity contribution is -0.122. The molecule has 0 aromatic heterocycles. The second-order valence-electron chi connectivity index (χ2n) is 31.9. The van der Waals surface area contributed by atoms with Gasteiger partial charge in [-0.3, -0.25) is 14.4 Å². The van der Waals surface area contributed by atoms with Crippen molar-refractivity contribution in [2.45, 2.75) is 122 Å². The predicted octanol–water partition coefficient (Wildman–Crippen LogP) is 25.2. The Morgan fingerprint density at radius 3 is 0.907 bits per heavy atom. The molecule has 0 aliphatic carbocycles. The fourth-order valence-corrected chi connectivity index (χ4v) is 14.7. The SMILES string of the molecule is C(=CC1OCCO1)c1ccc(-c2ccc(C=CC3OCCO3)cc2)cc1.C/C=C/CCc1ccc(-c2ccc(CC/C=C/C)cc2)cc1.C1CCOC1.COCCc1ccc(-c2ccc(CCC=O)cc2)cc1.COc1ccc(-c2ccc(C=O)cc2)cc1.COc1ccc(Br)cc1.O=CO.O=Cc1ccc(O[B]O)cc1.[3H]PC.c1cc(-c2ccc(CCC3OCCO3)cc2)ccc1CCC1OCCO1. The first-order valence-electron chi connectivity index (χ1n) is 47.9. The molecule has 12 aromatic rings. The zero-order chi connectivity index (χ0) is 100. The highest BCUT2D eigenvalue weighted by molar-refractivity contribution is 9.10. The van der Waals surface area contributed by atoms with Crippen LogP contribution in [0.15, 0.2) is 332 Å². The number of aryl methyl sites for hydroxylation is 5. The smallest absolute Gasteiger partial charge is 0.537 e. The fourth-order valence-electron chi connectivity index (χ4n) is 14.4. The molecule has 0 bridgehead atoms. The number of allylic oxidation sites excluding steroid dienone is 4. The highest BCUT2D eigenvalue weighted by Crippen LogP contribution is 2.29. The Balaban J connectivity index is 0.000000202. The molecule has 0 amide bonds. The zero-order valence-electron chi connectivity index (χ0n) is 82.2. The van der Waals surface area contributed by atoms with Crippen molar-refractivity contribution >= 4 is 70.3 Å². The lowest BCUT2D eigenvalue weighted by Crippen LogP contribution is -2.08. The van der Waals surface area contributed by atoms with Crippen molar-refractivity contribution in [3.05, 3.63) is 388 Å². The molecule has 140 heavy (non-hydrogen) atoms. The van der Waals surface area contributed by atoms with E-state index in [0.29, 0.717) is 66.6 Å². The minimum absolute atomic E-state index is 0.0257. The quantitative estimate of drug-likeness (QED) is 0.0169. The molecule has 5 heterocycles. The van der Waals surface area contributed by atoms with Gasteiger partial charge in [0, 0.05) is 55.2 Å². The molecule has 5 aliphatic heterocycles. The number of methoxy groups -OCH3 is 3. The zero-order valence-corrected chi connectivity index (χ0v) is 83.8. The third-order valence-electron chi connectivity index (χ3n) is 22.2. The summed E-state index contributed by atoms with van der Waals surface area (Å²) in [5, 5.41) is 15.1. The molecule has 19 nitrogen and oxygen atoms in total. The third kappa shape index (κ3) is 44.7. The van der Waals surface area contributed by atoms with Gasteiger partial charge in [0.2, 0.25) is 0 Å². The van der Waals surface area contributed by atoms with Crippen molar-refractivity contribution in [2.75, 3.05) is 101 Å². The summed E-state index contributed by atoms with van der Waals surface area (Å²) in [5.41, 5.74) is 23.6. The van der Waals surface area contributed by atoms with Crippen LogP contribution in [0.5, 0.6) is 17.2 Å². The molecule has 5 aliphatic rings. The number of benzene rings is 12. The van der Waals surface area contributed by atoms with Crippen LogP contribution in [-0.2, 0) is 95.5 Å². The summed E-state index contributed by atoms with van der Waals surface area (Å²) >= 11 is 3.32. The Hall–Kier alpha value is -12.0. The van der Waals surface area contributed by atoms with E-state index >= 15 is 0 Å². The maximum Gasteiger partial charge on any atom is 0.569 e. The van der Waals surface area contributed by atoms with Gasteiger partial charge in [-0.15, -0.1) is 9.18 Å². The molecular formula is C118H134BBrO19P. The van der Waals surface area contributed by atoms with Crippen LogP contribution in [0.4, 0.5) is 0 Å². The van der Waals surface area contributed by atoms with E-state index in [1.807, 2.05) is 104 Å². The number of carbonyl (C=O) groups is 4. The largest absolute Gasteiger partial charge is 0.569 e. The predicted molar refractivity (Wildman–Crippen MR) is 571 cm³/mol. The summed E-state index contributed by atoms with van der Waals surface area (Å²) in [5.74, 6) is 2.23. The van der Waals surface area contributed by atoms with E-state index in [2.05, 4.69) is 253 Å². The van der Waals surface area contributed by atoms with Crippen molar-refractivity contribution in [1.29, 1.82) is 1.28 Å². The number of ether oxygens (including phenoxy) is 12. The summed E-state index contributed by atoms with van der Waals surface area (Å²) in [6, 6.07) is 98.9. The summed E-state index contributed by atoms with van der Waals surface area (Å²) in [6.45, 7) is 14.0. The number of hydrogen-bond acceptors (Lipinski definition) is 18. The summed E-state index contributed by atoms with van der Waals surface area (Å²) < 4.78 is 75.6. The van der Waals surface area contributed by atoms with E-state index in [9.17, 15) is 14.4 Å². The van der Waals surface area contributed by atoms with Crippen molar-refractivity contribution in [3.8, 4) is 72.9 Å². The fraction of sp³-hybridized carbons (Fsp3) is 0.288. The van der Waals surface area contributed by atoms with Gasteiger partial charge in [0.15, 0.2) is 25.2 Å². The average Bonchev–Trinajstić information content (AvgIpc) is 1.62. The summed E-state index contributed by atoms with van der Waals surface area (Å²) in [7, 11) is 5.95. The maximum absolute atomic E-state index is 10.5. The van der Waals surface area contributed by atoms with Gasteiger partial charge in [-0.1, -0.05) is 290 Å². The van der Waals surface area contributed by atoms with Crippen LogP contribution in [-0.4, -0.2) is 170 Å². The first-order valence-corrected chi connectivity index (χ1v) is 49.2. The molecule has 12 aromatic carbocycles. The van der Waals surface area contributed by atoms with Gasteiger partial charge in [-0.2, -0.15) is 0 Å². The summed E-state index contributed by atoms with van der Waals surface area (Å²) in [6.07, 6.45) is 31.9. The van der Waals surface area contributed by atoms with Crippen LogP contribution < -0.4 is 14.1 Å². The topological polar surface area (TPSA) is 229 Å². The van der Waals surface area contributed by atoms with Gasteiger partial charge in [0.05, 0.1) is 75.0 Å². The van der Waals surface area contributed by atoms with Gasteiger partial charge in [0.1, 0.15) is 36.1 Å². The van der Waals surface area contributed by atoms with Gasteiger partial charge >= 0.3 is 7.69 Å². The molecule has 1 unspecified atom stereocenters. The number of rotatable bonds is 33. The van der Waals surface area contributed by atoms with E-state index in [-0.39, 0.29) is 31.6 Å². The van der Waals surface area contributed by atoms with Crippen LogP contribution in [0.2, 0.25) is 0 Å². The van der Waals surface area contributed by atoms with E-state index in [1.54, 1.807) is 45.6 Å². The van der Waals surface area contributed by atoms with Crippen LogP contribution in [0.25, 0.3) is 67.8 Å². The second kappa shape index (κ2) is 69.8. The molecule has 0 saturated carbocycles. The third-order valence-corrected chi connectivity index (χ3v) is 22.7. The molecule has 22 heteroatoms. The standard InChI is InChI=1S/C22H26O4.C22H22O4.C22H26.C18H20O2.C14H12O2.C7H6BO3.C7H7BrO.C4H8O.CH2O2.CH5P/c2*1-7-19(8-2-17(1)5-11-21-23-13-14-24-21)20-9-3-18(4-10-20)6-12-22-25-15-16-26-22;1-3-5-7-9-19-11-15-21(16-12-19)22-17-13-20(14-18-22)10-8-6-4-2;1-20-14-12-16-6-10-18(11-7-16)17-8-4-15(5-9-17)3-2-13-19;1-16-14-8-6-13(7-9-14)12-4-2-11(10-15)3-5-12;9-5-6-1-3-7(4-2-6)11-8-10;1-9-7-4-2-6(8)3-5-7;1-2-4-5-3-1;2-1-3;1-2/h1-4,7-10,21-22H,5-6,11-16H2;1-12,21-22H,13-16H2;3-6,11-18H,7-10H2,1-2H3;4-11,13H,2-3,12,14H2,1H3;2-10H,1H3;1-5,10H;2-5H,1H3;1-4H2;1H,(H,2,3);2H2,1H3/b;;5-3+,6-4+;;;;;;;/i;;;;;;;;;2T. The molecule has 735 valence electrons. The van der Waals surface area contributed by atoms with Crippen LogP contribution in [0, 0.1) is 0 Å². The molecule has 5 fully saturated rings. The Bertz CT molecular complexity index is 5260. The van der Waals surface area contributed by atoms with Gasteiger partial charge < -0.3 is 76.4 Å². The molecule has 1 radical (unpaired) electrons. The van der Waals surface area contributed by atoms with Gasteiger partial charge in [-0.25, -0.2) is 0 Å². The number of aldehydes is 3. The lowest BCUT2D eigenvalue weighted by Gasteiger charge is -2.10. The van der Waals surface area contributed by atoms with Crippen molar-refractivity contribution in [3.63, 3.8) is 0 Å². The molecule has 17 rings (SSSR count). The molecule has 1 atom stereocenters. The molecule has 5 saturated heterocycles. The van der Waals surface area contributed by atoms with Crippen LogP contribution >= 0.6 is 25.1 Å². The molecular weight excluding hydrogens is 1840 g/mol. The Labute approximate surface area is 840 Å². The first kappa shape index (κ1) is 112. The number of hydrogen-bond donors (Lipinski definition) is 2. The minimum Gasteiger partial charge on any atom is -0.537 e. The van der Waals surface area contributed by atoms with E-state index < -0.39 is 0 Å². The van der Waals surface area contributed by atoms with Crippen molar-refractivity contribution < 1.29 is 90.8 Å². The second-order valence-corrected chi connectivity index (χ2v) is 32.8. The minimum atomic E-state index is -0.250. The van der Waals surface area contributed by atoms with Crippen molar-refractivity contribution in [2.24, 2.45) is 0 Å². The maximum atomic E-state index is 10.5. The van der Waals surface area contributed by atoms with Gasteiger partial charge in [-0.05, 0) is 251 Å². The first-order chi connectivity index (χ1) is 69.2. The highest BCUT2D eigenvalue weighted by Gasteiger charge is 2.18.